The van der Waals surface area contributed by atoms with Gasteiger partial charge >= 0.3 is 0 Å². The molecule has 0 spiro atoms. The Morgan fingerprint density at radius 2 is 2.28 bits per heavy atom. The van der Waals surface area contributed by atoms with Crippen LogP contribution in [0.3, 0.4) is 0 Å². The number of aromatic nitrogens is 1. The van der Waals surface area contributed by atoms with E-state index in [2.05, 4.69) is 32.8 Å². The van der Waals surface area contributed by atoms with Crippen molar-refractivity contribution in [3.8, 4) is 0 Å². The third kappa shape index (κ3) is 5.32. The molecule has 98 valence electrons. The first-order valence-corrected chi connectivity index (χ1v) is 7.05. The molecule has 0 aliphatic carbocycles. The van der Waals surface area contributed by atoms with Crippen molar-refractivity contribution in [3.63, 3.8) is 0 Å². The first kappa shape index (κ1) is 15.4. The summed E-state index contributed by atoms with van der Waals surface area (Å²) in [6.07, 6.45) is 2.75. The Morgan fingerprint density at radius 3 is 2.94 bits per heavy atom. The molecule has 0 unspecified atom stereocenters. The first-order chi connectivity index (χ1) is 8.34. The van der Waals surface area contributed by atoms with E-state index in [1.54, 1.807) is 28.9 Å². The molecule has 0 radical (unpaired) electrons. The van der Waals surface area contributed by atoms with Gasteiger partial charge in [0.05, 0.1) is 6.54 Å². The summed E-state index contributed by atoms with van der Waals surface area (Å²) in [6.45, 7) is 1.36. The molecular formula is C11H15IN4S2. The van der Waals surface area contributed by atoms with E-state index in [-0.39, 0.29) is 24.0 Å². The molecule has 0 fully saturated rings. The fraction of sp³-hybridized carbons (Fsp3) is 0.273. The SMILES string of the molecule is I.NC(=NCc1nccs1)NCCc1cccs1. The summed E-state index contributed by atoms with van der Waals surface area (Å²) in [5, 5.41) is 8.09. The van der Waals surface area contributed by atoms with Crippen LogP contribution in [-0.2, 0) is 13.0 Å². The molecule has 2 rings (SSSR count). The monoisotopic (exact) mass is 394 g/mol. The second-order valence-corrected chi connectivity index (χ2v) is 5.39. The number of hydrogen-bond donors (Lipinski definition) is 2. The summed E-state index contributed by atoms with van der Waals surface area (Å²) in [6, 6.07) is 4.18. The van der Waals surface area contributed by atoms with Gasteiger partial charge in [-0.1, -0.05) is 6.07 Å². The summed E-state index contributed by atoms with van der Waals surface area (Å²) >= 11 is 3.34. The van der Waals surface area contributed by atoms with Crippen LogP contribution in [-0.4, -0.2) is 17.5 Å². The Balaban J connectivity index is 0.00000162. The fourth-order valence-corrected chi connectivity index (χ4v) is 2.56. The molecule has 2 aromatic rings. The van der Waals surface area contributed by atoms with Crippen molar-refractivity contribution in [3.05, 3.63) is 39.0 Å². The molecule has 0 saturated heterocycles. The molecule has 0 atom stereocenters. The predicted octanol–water partition coefficient (Wildman–Crippen LogP) is 2.47. The lowest BCUT2D eigenvalue weighted by Gasteiger charge is -2.03. The highest BCUT2D eigenvalue weighted by Gasteiger charge is 1.96. The molecule has 7 heteroatoms. The summed E-state index contributed by atoms with van der Waals surface area (Å²) in [4.78, 5) is 9.71. The number of guanidine groups is 1. The molecule has 2 heterocycles. The summed E-state index contributed by atoms with van der Waals surface area (Å²) in [5.74, 6) is 0.483. The Hall–Kier alpha value is -0.670. The van der Waals surface area contributed by atoms with E-state index in [4.69, 9.17) is 5.73 Å². The van der Waals surface area contributed by atoms with Crippen LogP contribution in [0, 0.1) is 0 Å². The number of thiophene rings is 1. The van der Waals surface area contributed by atoms with Crippen LogP contribution >= 0.6 is 46.7 Å². The minimum absolute atomic E-state index is 0. The van der Waals surface area contributed by atoms with E-state index in [1.807, 2.05) is 5.38 Å². The summed E-state index contributed by atoms with van der Waals surface area (Å²) < 4.78 is 0. The van der Waals surface area contributed by atoms with Gasteiger partial charge in [-0.25, -0.2) is 9.98 Å². The van der Waals surface area contributed by atoms with E-state index in [0.717, 1.165) is 18.0 Å². The van der Waals surface area contributed by atoms with Crippen molar-refractivity contribution >= 4 is 52.6 Å². The Labute approximate surface area is 131 Å². The Kier molecular flexibility index (Phi) is 7.21. The smallest absolute Gasteiger partial charge is 0.189 e. The van der Waals surface area contributed by atoms with Gasteiger partial charge in [-0.3, -0.25) is 0 Å². The highest BCUT2D eigenvalue weighted by molar-refractivity contribution is 14.0. The van der Waals surface area contributed by atoms with Crippen LogP contribution in [0.5, 0.6) is 0 Å². The largest absolute Gasteiger partial charge is 0.370 e. The lowest BCUT2D eigenvalue weighted by atomic mass is 10.3. The van der Waals surface area contributed by atoms with Gasteiger partial charge in [-0.05, 0) is 17.9 Å². The molecule has 0 amide bonds. The maximum Gasteiger partial charge on any atom is 0.189 e. The number of nitrogens with zero attached hydrogens (tertiary/aromatic N) is 2. The molecule has 0 bridgehead atoms. The van der Waals surface area contributed by atoms with Gasteiger partial charge < -0.3 is 11.1 Å². The highest BCUT2D eigenvalue weighted by Crippen LogP contribution is 2.08. The third-order valence-corrected chi connectivity index (χ3v) is 3.83. The molecule has 0 aromatic carbocycles. The van der Waals surface area contributed by atoms with E-state index in [9.17, 15) is 0 Å². The van der Waals surface area contributed by atoms with Crippen molar-refractivity contribution < 1.29 is 0 Å². The van der Waals surface area contributed by atoms with E-state index in [0.29, 0.717) is 12.5 Å². The second-order valence-electron chi connectivity index (χ2n) is 3.38. The molecule has 4 nitrogen and oxygen atoms in total. The van der Waals surface area contributed by atoms with Crippen LogP contribution in [0.25, 0.3) is 0 Å². The summed E-state index contributed by atoms with van der Waals surface area (Å²) in [5.41, 5.74) is 5.75. The van der Waals surface area contributed by atoms with Crippen LogP contribution in [0.4, 0.5) is 0 Å². The lowest BCUT2D eigenvalue weighted by molar-refractivity contribution is 0.856. The van der Waals surface area contributed by atoms with Gasteiger partial charge in [0.2, 0.25) is 0 Å². The maximum absolute atomic E-state index is 5.75. The van der Waals surface area contributed by atoms with E-state index < -0.39 is 0 Å². The number of thiazole rings is 1. The molecule has 18 heavy (non-hydrogen) atoms. The van der Waals surface area contributed by atoms with Crippen molar-refractivity contribution in [2.24, 2.45) is 10.7 Å². The van der Waals surface area contributed by atoms with Crippen LogP contribution in [0.1, 0.15) is 9.88 Å². The van der Waals surface area contributed by atoms with Gasteiger partial charge in [0.1, 0.15) is 5.01 Å². The van der Waals surface area contributed by atoms with Crippen molar-refractivity contribution in [2.45, 2.75) is 13.0 Å². The average molecular weight is 394 g/mol. The molecule has 2 aromatic heterocycles. The maximum atomic E-state index is 5.75. The molecule has 3 N–H and O–H groups in total. The number of nitrogens with one attached hydrogen (secondary N) is 1. The topological polar surface area (TPSA) is 63.3 Å². The first-order valence-electron chi connectivity index (χ1n) is 5.29. The highest BCUT2D eigenvalue weighted by atomic mass is 127. The predicted molar refractivity (Wildman–Crippen MR) is 88.9 cm³/mol. The summed E-state index contributed by atoms with van der Waals surface area (Å²) in [7, 11) is 0. The number of hydrogen-bond acceptors (Lipinski definition) is 4. The zero-order chi connectivity index (χ0) is 11.9. The fourth-order valence-electron chi connectivity index (χ4n) is 1.31. The van der Waals surface area contributed by atoms with Crippen molar-refractivity contribution in [1.82, 2.24) is 10.3 Å². The van der Waals surface area contributed by atoms with Gasteiger partial charge in [0.25, 0.3) is 0 Å². The third-order valence-electron chi connectivity index (χ3n) is 2.13. The van der Waals surface area contributed by atoms with Crippen LogP contribution < -0.4 is 11.1 Å². The van der Waals surface area contributed by atoms with E-state index >= 15 is 0 Å². The van der Waals surface area contributed by atoms with Gasteiger partial charge in [-0.15, -0.1) is 46.7 Å². The molecule has 0 saturated carbocycles. The minimum Gasteiger partial charge on any atom is -0.370 e. The Bertz CT molecular complexity index is 453. The van der Waals surface area contributed by atoms with Crippen LogP contribution in [0.2, 0.25) is 0 Å². The molecule has 0 aliphatic rings. The normalized spacial score (nSPS) is 11.0. The molecule has 0 aliphatic heterocycles. The quantitative estimate of drug-likeness (QED) is 0.465. The van der Waals surface area contributed by atoms with E-state index in [1.165, 1.54) is 4.88 Å². The zero-order valence-electron chi connectivity index (χ0n) is 9.70. The van der Waals surface area contributed by atoms with Gasteiger partial charge in [-0.2, -0.15) is 0 Å². The number of halogens is 1. The van der Waals surface area contributed by atoms with Gasteiger partial charge in [0, 0.05) is 23.0 Å². The van der Waals surface area contributed by atoms with Crippen molar-refractivity contribution in [1.29, 1.82) is 0 Å². The minimum atomic E-state index is 0. The average Bonchev–Trinajstić information content (AvgIpc) is 2.99. The van der Waals surface area contributed by atoms with Crippen molar-refractivity contribution in [2.75, 3.05) is 6.54 Å². The number of aliphatic imine (C=N–C) groups is 1. The Morgan fingerprint density at radius 1 is 1.39 bits per heavy atom. The molecular weight excluding hydrogens is 379 g/mol. The number of nitrogens with two attached hydrogens (primary N) is 1. The standard InChI is InChI=1S/C11H14N4S2.HI/c12-11(15-8-10-13-5-7-17-10)14-4-3-9-2-1-6-16-9;/h1-2,5-7H,3-4,8H2,(H3,12,14,15);1H. The zero-order valence-corrected chi connectivity index (χ0v) is 13.7. The number of rotatable bonds is 5. The second kappa shape index (κ2) is 8.44. The van der Waals surface area contributed by atoms with Crippen LogP contribution in [0.15, 0.2) is 34.1 Å². The lowest BCUT2D eigenvalue weighted by Crippen LogP contribution is -2.33. The van der Waals surface area contributed by atoms with Gasteiger partial charge in [0.15, 0.2) is 5.96 Å².